The van der Waals surface area contributed by atoms with E-state index in [-0.39, 0.29) is 6.04 Å². The predicted molar refractivity (Wildman–Crippen MR) is 82.8 cm³/mol. The van der Waals surface area contributed by atoms with Crippen molar-refractivity contribution in [2.45, 2.75) is 26.4 Å². The van der Waals surface area contributed by atoms with Crippen LogP contribution in [0.3, 0.4) is 0 Å². The minimum Gasteiger partial charge on any atom is -0.306 e. The lowest BCUT2D eigenvalue weighted by molar-refractivity contribution is 0.572. The number of hydrogen-bond acceptors (Lipinski definition) is 4. The molecule has 3 rings (SSSR count). The van der Waals surface area contributed by atoms with Gasteiger partial charge in [-0.25, -0.2) is 0 Å². The van der Waals surface area contributed by atoms with Crippen molar-refractivity contribution in [2.75, 3.05) is 0 Å². The third-order valence-corrected chi connectivity index (χ3v) is 4.61. The number of rotatable bonds is 4. The van der Waals surface area contributed by atoms with Crippen LogP contribution in [-0.4, -0.2) is 14.8 Å². The average Bonchev–Trinajstić information content (AvgIpc) is 3.04. The van der Waals surface area contributed by atoms with Gasteiger partial charge < -0.3 is 5.32 Å². The van der Waals surface area contributed by atoms with E-state index < -0.39 is 0 Å². The highest BCUT2D eigenvalue weighted by Gasteiger charge is 2.09. The molecule has 3 heterocycles. The second kappa shape index (κ2) is 5.34. The summed E-state index contributed by atoms with van der Waals surface area (Å²) < 4.78 is 3.15. The fourth-order valence-electron chi connectivity index (χ4n) is 2.20. The first-order valence-electron chi connectivity index (χ1n) is 6.69. The fraction of sp³-hybridized carbons (Fsp3) is 0.333. The van der Waals surface area contributed by atoms with Gasteiger partial charge in [-0.3, -0.25) is 9.67 Å². The summed E-state index contributed by atoms with van der Waals surface area (Å²) >= 11 is 1.74. The standard InChI is InChI=1S/C15H18N4S/c1-10(16-8-13-9-18-19(3)11(13)2)12-6-15-14(17-7-12)4-5-20-15/h4-7,9-10,16H,8H2,1-3H3. The monoisotopic (exact) mass is 286 g/mol. The Morgan fingerprint density at radius 1 is 1.40 bits per heavy atom. The van der Waals surface area contributed by atoms with E-state index in [1.807, 2.05) is 24.1 Å². The highest BCUT2D eigenvalue weighted by atomic mass is 32.1. The highest BCUT2D eigenvalue weighted by molar-refractivity contribution is 7.17. The minimum atomic E-state index is 0.272. The molecular formula is C15H18N4S. The van der Waals surface area contributed by atoms with Crippen molar-refractivity contribution in [3.8, 4) is 0 Å². The Kier molecular flexibility index (Phi) is 3.54. The lowest BCUT2D eigenvalue weighted by Crippen LogP contribution is -2.18. The Morgan fingerprint density at radius 2 is 2.25 bits per heavy atom. The van der Waals surface area contributed by atoms with Gasteiger partial charge in [-0.05, 0) is 36.9 Å². The molecule has 0 radical (unpaired) electrons. The largest absolute Gasteiger partial charge is 0.306 e. The maximum Gasteiger partial charge on any atom is 0.0809 e. The average molecular weight is 286 g/mol. The van der Waals surface area contributed by atoms with Crippen LogP contribution >= 0.6 is 11.3 Å². The van der Waals surface area contributed by atoms with E-state index in [1.165, 1.54) is 21.5 Å². The number of nitrogens with one attached hydrogen (secondary N) is 1. The van der Waals surface area contributed by atoms with Crippen molar-refractivity contribution in [1.82, 2.24) is 20.1 Å². The Hall–Kier alpha value is -1.72. The lowest BCUT2D eigenvalue weighted by Gasteiger charge is -2.13. The molecule has 0 aromatic carbocycles. The van der Waals surface area contributed by atoms with Gasteiger partial charge in [0.15, 0.2) is 0 Å². The van der Waals surface area contributed by atoms with Crippen molar-refractivity contribution in [1.29, 1.82) is 0 Å². The molecule has 5 heteroatoms. The number of thiophene rings is 1. The lowest BCUT2D eigenvalue weighted by atomic mass is 10.1. The minimum absolute atomic E-state index is 0.272. The number of pyridine rings is 1. The van der Waals surface area contributed by atoms with Crippen molar-refractivity contribution < 1.29 is 0 Å². The molecule has 0 fully saturated rings. The number of aromatic nitrogens is 3. The van der Waals surface area contributed by atoms with Crippen LogP contribution in [0.4, 0.5) is 0 Å². The van der Waals surface area contributed by atoms with Gasteiger partial charge in [0, 0.05) is 37.1 Å². The Labute approximate surface area is 122 Å². The molecule has 0 aliphatic carbocycles. The van der Waals surface area contributed by atoms with Crippen molar-refractivity contribution >= 4 is 21.6 Å². The van der Waals surface area contributed by atoms with Crippen LogP contribution in [0, 0.1) is 6.92 Å². The Balaban J connectivity index is 1.72. The molecule has 0 aliphatic rings. The molecule has 1 unspecified atom stereocenters. The maximum atomic E-state index is 4.49. The quantitative estimate of drug-likeness (QED) is 0.801. The first kappa shape index (κ1) is 13.3. The zero-order valence-corrected chi connectivity index (χ0v) is 12.7. The van der Waals surface area contributed by atoms with Crippen LogP contribution in [0.2, 0.25) is 0 Å². The molecule has 3 aromatic heterocycles. The van der Waals surface area contributed by atoms with E-state index in [1.54, 1.807) is 11.3 Å². The van der Waals surface area contributed by atoms with Crippen molar-refractivity contribution in [3.63, 3.8) is 0 Å². The number of nitrogens with zero attached hydrogens (tertiary/aromatic N) is 3. The zero-order valence-electron chi connectivity index (χ0n) is 11.9. The van der Waals surface area contributed by atoms with Gasteiger partial charge >= 0.3 is 0 Å². The topological polar surface area (TPSA) is 42.7 Å². The second-order valence-corrected chi connectivity index (χ2v) is 6.00. The summed E-state index contributed by atoms with van der Waals surface area (Å²) in [6.07, 6.45) is 3.89. The van der Waals surface area contributed by atoms with Gasteiger partial charge in [0.1, 0.15) is 0 Å². The first-order valence-corrected chi connectivity index (χ1v) is 7.57. The van der Waals surface area contributed by atoms with E-state index in [4.69, 9.17) is 0 Å². The van der Waals surface area contributed by atoms with Gasteiger partial charge in [0.05, 0.1) is 16.4 Å². The maximum absolute atomic E-state index is 4.49. The molecule has 1 atom stereocenters. The molecule has 20 heavy (non-hydrogen) atoms. The Bertz CT molecular complexity index is 728. The number of aryl methyl sites for hydroxylation is 1. The van der Waals surface area contributed by atoms with E-state index in [0.29, 0.717) is 0 Å². The SMILES string of the molecule is Cc1c(CNC(C)c2cnc3ccsc3c2)cnn1C. The normalized spacial score (nSPS) is 12.9. The molecule has 0 aliphatic heterocycles. The van der Waals surface area contributed by atoms with Crippen LogP contribution < -0.4 is 5.32 Å². The summed E-state index contributed by atoms with van der Waals surface area (Å²) in [6.45, 7) is 5.08. The predicted octanol–water partition coefficient (Wildman–Crippen LogP) is 3.19. The third kappa shape index (κ3) is 2.46. The summed E-state index contributed by atoms with van der Waals surface area (Å²) in [5.74, 6) is 0. The van der Waals surface area contributed by atoms with Gasteiger partial charge in [-0.2, -0.15) is 5.10 Å². The van der Waals surface area contributed by atoms with E-state index in [2.05, 4.69) is 46.8 Å². The van der Waals surface area contributed by atoms with E-state index >= 15 is 0 Å². The van der Waals surface area contributed by atoms with Crippen LogP contribution in [0.15, 0.2) is 29.9 Å². The van der Waals surface area contributed by atoms with E-state index in [9.17, 15) is 0 Å². The molecule has 0 spiro atoms. The van der Waals surface area contributed by atoms with Crippen LogP contribution in [0.5, 0.6) is 0 Å². The van der Waals surface area contributed by atoms with Gasteiger partial charge in [-0.15, -0.1) is 11.3 Å². The Morgan fingerprint density at radius 3 is 3.00 bits per heavy atom. The molecule has 0 saturated heterocycles. The first-order chi connectivity index (χ1) is 9.65. The summed E-state index contributed by atoms with van der Waals surface area (Å²) in [6, 6.07) is 4.55. The van der Waals surface area contributed by atoms with Crippen LogP contribution in [-0.2, 0) is 13.6 Å². The number of fused-ring (bicyclic) bond motifs is 1. The molecule has 0 bridgehead atoms. The highest BCUT2D eigenvalue weighted by Crippen LogP contribution is 2.22. The molecule has 0 saturated carbocycles. The molecule has 1 N–H and O–H groups in total. The van der Waals surface area contributed by atoms with Crippen LogP contribution in [0.1, 0.15) is 29.8 Å². The molecule has 0 amide bonds. The second-order valence-electron chi connectivity index (χ2n) is 5.05. The zero-order chi connectivity index (χ0) is 14.1. The van der Waals surface area contributed by atoms with Gasteiger partial charge in [0.25, 0.3) is 0 Å². The van der Waals surface area contributed by atoms with Gasteiger partial charge in [-0.1, -0.05) is 0 Å². The summed E-state index contributed by atoms with van der Waals surface area (Å²) in [5.41, 5.74) is 4.75. The van der Waals surface area contributed by atoms with Gasteiger partial charge in [0.2, 0.25) is 0 Å². The summed E-state index contributed by atoms with van der Waals surface area (Å²) in [5, 5.41) is 9.89. The summed E-state index contributed by atoms with van der Waals surface area (Å²) in [4.78, 5) is 4.49. The number of hydrogen-bond donors (Lipinski definition) is 1. The van der Waals surface area contributed by atoms with Crippen molar-refractivity contribution in [3.05, 3.63) is 46.7 Å². The smallest absolute Gasteiger partial charge is 0.0809 e. The molecule has 4 nitrogen and oxygen atoms in total. The molecular weight excluding hydrogens is 268 g/mol. The van der Waals surface area contributed by atoms with Crippen LogP contribution in [0.25, 0.3) is 10.2 Å². The summed E-state index contributed by atoms with van der Waals surface area (Å²) in [7, 11) is 1.97. The fourth-order valence-corrected chi connectivity index (χ4v) is 2.99. The molecule has 3 aromatic rings. The van der Waals surface area contributed by atoms with E-state index in [0.717, 1.165) is 12.1 Å². The third-order valence-electron chi connectivity index (χ3n) is 3.76. The van der Waals surface area contributed by atoms with Crippen molar-refractivity contribution in [2.24, 2.45) is 7.05 Å². The molecule has 104 valence electrons.